The number of amides is 1. The number of nitrogens with zero attached hydrogens (tertiary/aromatic N) is 1. The molecule has 0 aromatic heterocycles. The average molecular weight is 1110 g/mol. The van der Waals surface area contributed by atoms with Crippen molar-refractivity contribution in [2.24, 2.45) is 0 Å². The Morgan fingerprint density at radius 2 is 0.859 bits per heavy atom. The summed E-state index contributed by atoms with van der Waals surface area (Å²) < 4.78 is 30.7. The quantitative estimate of drug-likeness (QED) is 0.0156. The van der Waals surface area contributed by atoms with Crippen LogP contribution < -0.4 is 5.32 Å². The highest BCUT2D eigenvalue weighted by Crippen LogP contribution is 2.43. The fraction of sp³-hybridized carbons (Fsp3) is 0.735. The molecule has 0 aromatic rings. The lowest BCUT2D eigenvalue weighted by Crippen LogP contribution is -2.47. The topological polar surface area (TPSA) is 111 Å². The third kappa shape index (κ3) is 57.6. The summed E-state index contributed by atoms with van der Waals surface area (Å²) in [4.78, 5) is 37.7. The summed E-state index contributed by atoms with van der Waals surface area (Å²) >= 11 is 0. The largest absolute Gasteiger partial charge is 0.472 e. The minimum atomic E-state index is -4.46. The summed E-state index contributed by atoms with van der Waals surface area (Å²) in [5.41, 5.74) is 0. The lowest BCUT2D eigenvalue weighted by molar-refractivity contribution is -0.870. The van der Waals surface area contributed by atoms with Crippen molar-refractivity contribution in [3.05, 3.63) is 97.2 Å². The van der Waals surface area contributed by atoms with Gasteiger partial charge >= 0.3 is 13.8 Å². The van der Waals surface area contributed by atoms with Crippen LogP contribution in [0.3, 0.4) is 0 Å². The van der Waals surface area contributed by atoms with E-state index < -0.39 is 20.0 Å². The molecule has 2 N–H and O–H groups in total. The van der Waals surface area contributed by atoms with E-state index in [1.54, 1.807) is 0 Å². The minimum absolute atomic E-state index is 0.0303. The number of hydrogen-bond acceptors (Lipinski definition) is 6. The van der Waals surface area contributed by atoms with Crippen molar-refractivity contribution in [3.8, 4) is 0 Å². The number of unbranched alkanes of at least 4 members (excludes halogenated alkanes) is 28. The SMILES string of the molecule is CC/C=C\C/C=C\C/C=C\C/C=C\C/C=C\CCCCCCCCCCCC(=O)OC(/C=C\CCCCCCCCCCC)C(COP(=O)(O)OCC[N+](C)(C)C)NC(=O)CCCCC/C=C/C=C/CCCCCCCCC. The van der Waals surface area contributed by atoms with Crippen molar-refractivity contribution < 1.29 is 37.3 Å². The Hall–Kier alpha value is -3.07. The van der Waals surface area contributed by atoms with Gasteiger partial charge in [0.25, 0.3) is 0 Å². The fourth-order valence-electron chi connectivity index (χ4n) is 8.84. The molecule has 0 spiro atoms. The smallest absolute Gasteiger partial charge is 0.456 e. The second-order valence-corrected chi connectivity index (χ2v) is 24.0. The molecule has 0 heterocycles. The monoisotopic (exact) mass is 1110 g/mol. The van der Waals surface area contributed by atoms with Gasteiger partial charge in [-0.1, -0.05) is 253 Å². The number of carbonyl (C=O) groups is 2. The van der Waals surface area contributed by atoms with E-state index in [0.717, 1.165) is 109 Å². The first-order valence-corrected chi connectivity index (χ1v) is 33.6. The van der Waals surface area contributed by atoms with Gasteiger partial charge in [0.05, 0.1) is 33.8 Å². The highest BCUT2D eigenvalue weighted by Gasteiger charge is 2.30. The Bertz CT molecular complexity index is 1660. The van der Waals surface area contributed by atoms with Crippen LogP contribution in [-0.2, 0) is 27.9 Å². The molecule has 0 saturated carbocycles. The summed E-state index contributed by atoms with van der Waals surface area (Å²) in [6, 6.07) is -0.869. The molecular formula is C68H122N2O7P+. The summed E-state index contributed by atoms with van der Waals surface area (Å²) in [6.07, 6.45) is 77.0. The van der Waals surface area contributed by atoms with Gasteiger partial charge in [0.2, 0.25) is 5.91 Å². The maximum atomic E-state index is 13.5. The average Bonchev–Trinajstić information content (AvgIpc) is 3.41. The number of hydrogen-bond donors (Lipinski definition) is 2. The van der Waals surface area contributed by atoms with Crippen molar-refractivity contribution in [3.63, 3.8) is 0 Å². The molecule has 0 aliphatic rings. The van der Waals surface area contributed by atoms with Crippen molar-refractivity contribution in [1.29, 1.82) is 0 Å². The molecule has 0 bridgehead atoms. The molecule has 10 heteroatoms. The first-order chi connectivity index (χ1) is 37.9. The zero-order valence-corrected chi connectivity index (χ0v) is 52.3. The van der Waals surface area contributed by atoms with Crippen molar-refractivity contribution in [2.75, 3.05) is 40.9 Å². The molecule has 1 amide bonds. The Morgan fingerprint density at radius 1 is 0.474 bits per heavy atom. The van der Waals surface area contributed by atoms with E-state index in [9.17, 15) is 19.0 Å². The zero-order chi connectivity index (χ0) is 57.2. The summed E-state index contributed by atoms with van der Waals surface area (Å²) in [5.74, 6) is -0.545. The standard InChI is InChI=1S/C68H121N2O7P/c1-7-10-13-16-19-22-25-27-29-31-32-33-34-35-36-37-38-39-41-43-46-49-52-55-58-61-68(72)77-66(59-56-53-50-47-44-24-21-18-15-12-9-3)65(64-76-78(73,74)75-63-62-70(4,5)6)69-67(71)60-57-54-51-48-45-42-40-30-28-26-23-20-17-14-11-8-2/h10,13,19,22,27,29-30,32-33,35-36,40,42,45,56,59,65-66H,7-9,11-12,14-18,20-21,23-26,28,31,34,37-39,41,43-44,46-55,57-58,60-64H2,1-6H3,(H-,69,71,73,74)/p+1/b13-10-,22-19-,29-27-,33-32-,36-35-,40-30+,45-42+,59-56-. The summed E-state index contributed by atoms with van der Waals surface area (Å²) in [7, 11) is 1.47. The molecule has 0 aliphatic carbocycles. The minimum Gasteiger partial charge on any atom is -0.456 e. The number of rotatable bonds is 57. The van der Waals surface area contributed by atoms with E-state index in [1.165, 1.54) is 122 Å². The van der Waals surface area contributed by atoms with E-state index in [0.29, 0.717) is 23.9 Å². The van der Waals surface area contributed by atoms with Crippen LogP contribution in [0.2, 0.25) is 0 Å². The zero-order valence-electron chi connectivity index (χ0n) is 51.4. The third-order valence-corrected chi connectivity index (χ3v) is 14.8. The van der Waals surface area contributed by atoms with Crippen molar-refractivity contribution >= 4 is 19.7 Å². The Kier molecular flexibility index (Phi) is 54.9. The van der Waals surface area contributed by atoms with E-state index in [1.807, 2.05) is 33.3 Å². The van der Waals surface area contributed by atoms with Crippen LogP contribution in [0.15, 0.2) is 97.2 Å². The molecule has 78 heavy (non-hydrogen) atoms. The Morgan fingerprint density at radius 3 is 1.32 bits per heavy atom. The van der Waals surface area contributed by atoms with Gasteiger partial charge < -0.3 is 19.4 Å². The first kappa shape index (κ1) is 74.9. The van der Waals surface area contributed by atoms with Gasteiger partial charge in [0.15, 0.2) is 0 Å². The molecule has 0 aromatic carbocycles. The van der Waals surface area contributed by atoms with E-state index in [4.69, 9.17) is 13.8 Å². The number of ether oxygens (including phenoxy) is 1. The van der Waals surface area contributed by atoms with E-state index in [-0.39, 0.29) is 31.5 Å². The van der Waals surface area contributed by atoms with Gasteiger partial charge in [0, 0.05) is 12.8 Å². The number of phosphoric acid groups is 1. The number of quaternary nitrogens is 1. The van der Waals surface area contributed by atoms with Crippen LogP contribution in [-0.4, -0.2) is 74.3 Å². The van der Waals surface area contributed by atoms with Crippen LogP contribution in [0.25, 0.3) is 0 Å². The number of phosphoric ester groups is 1. The molecule has 450 valence electrons. The third-order valence-electron chi connectivity index (χ3n) is 13.8. The van der Waals surface area contributed by atoms with Crippen LogP contribution in [0, 0.1) is 0 Å². The maximum Gasteiger partial charge on any atom is 0.472 e. The van der Waals surface area contributed by atoms with Gasteiger partial charge in [-0.15, -0.1) is 0 Å². The molecule has 0 rings (SSSR count). The van der Waals surface area contributed by atoms with Gasteiger partial charge in [-0.2, -0.15) is 0 Å². The van der Waals surface area contributed by atoms with E-state index in [2.05, 4.69) is 111 Å². The molecule has 0 radical (unpaired) electrons. The second-order valence-electron chi connectivity index (χ2n) is 22.6. The summed E-state index contributed by atoms with van der Waals surface area (Å²) in [6.45, 7) is 6.86. The molecule has 0 fully saturated rings. The van der Waals surface area contributed by atoms with Crippen molar-refractivity contribution in [2.45, 2.75) is 283 Å². The molecule has 3 atom stereocenters. The molecule has 3 unspecified atom stereocenters. The Labute approximate surface area is 481 Å². The highest BCUT2D eigenvalue weighted by molar-refractivity contribution is 7.47. The number of carbonyl (C=O) groups excluding carboxylic acids is 2. The number of allylic oxidation sites excluding steroid dienone is 15. The predicted octanol–water partition coefficient (Wildman–Crippen LogP) is 19.9. The van der Waals surface area contributed by atoms with Crippen molar-refractivity contribution in [1.82, 2.24) is 5.32 Å². The molecular weight excluding hydrogens is 988 g/mol. The fourth-order valence-corrected chi connectivity index (χ4v) is 9.58. The van der Waals surface area contributed by atoms with Gasteiger partial charge in [-0.05, 0) is 102 Å². The molecule has 0 aliphatic heterocycles. The second kappa shape index (κ2) is 57.2. The lowest BCUT2D eigenvalue weighted by Gasteiger charge is -2.27. The van der Waals surface area contributed by atoms with Crippen LogP contribution in [0.1, 0.15) is 271 Å². The number of esters is 1. The van der Waals surface area contributed by atoms with Gasteiger partial charge in [-0.25, -0.2) is 4.57 Å². The maximum absolute atomic E-state index is 13.5. The Balaban J connectivity index is 5.17. The normalized spacial score (nSPS) is 14.3. The number of likely N-dealkylation sites (N-methyl/N-ethyl adjacent to an activating group) is 1. The highest BCUT2D eigenvalue weighted by atomic mass is 31.2. The number of nitrogens with one attached hydrogen (secondary N) is 1. The van der Waals surface area contributed by atoms with E-state index >= 15 is 0 Å². The van der Waals surface area contributed by atoms with Crippen LogP contribution in [0.5, 0.6) is 0 Å². The predicted molar refractivity (Wildman–Crippen MR) is 337 cm³/mol. The lowest BCUT2D eigenvalue weighted by atomic mass is 10.1. The van der Waals surface area contributed by atoms with Crippen LogP contribution >= 0.6 is 7.82 Å². The summed E-state index contributed by atoms with van der Waals surface area (Å²) in [5, 5.41) is 3.04. The molecule has 9 nitrogen and oxygen atoms in total. The van der Waals surface area contributed by atoms with Crippen LogP contribution in [0.4, 0.5) is 0 Å². The van der Waals surface area contributed by atoms with Gasteiger partial charge in [0.1, 0.15) is 19.3 Å². The molecule has 0 saturated heterocycles. The first-order valence-electron chi connectivity index (χ1n) is 32.1. The van der Waals surface area contributed by atoms with Gasteiger partial charge in [-0.3, -0.25) is 18.6 Å².